The van der Waals surface area contributed by atoms with E-state index in [9.17, 15) is 9.59 Å². The molecule has 0 aliphatic rings. The normalized spacial score (nSPS) is 11.8. The van der Waals surface area contributed by atoms with E-state index in [1.165, 1.54) is 0 Å². The average Bonchev–Trinajstić information content (AvgIpc) is 2.26. The van der Waals surface area contributed by atoms with Crippen LogP contribution in [0.4, 0.5) is 0 Å². The van der Waals surface area contributed by atoms with Gasteiger partial charge < -0.3 is 16.8 Å². The predicted molar refractivity (Wildman–Crippen MR) is 57.9 cm³/mol. The number of rotatable bonds is 5. The number of amides is 2. The summed E-state index contributed by atoms with van der Waals surface area (Å²) < 4.78 is 0. The number of carbonyl (C=O) groups excluding carboxylic acids is 2. The van der Waals surface area contributed by atoms with Crippen LogP contribution in [-0.4, -0.2) is 22.8 Å². The average molecular weight is 222 g/mol. The summed E-state index contributed by atoms with van der Waals surface area (Å²) in [4.78, 5) is 25.8. The standard InChI is InChI=1S/C10H14N4O2/c11-8(5-9(12)15)10(16)14-6-7-1-3-13-4-2-7/h1-4,8H,5-6,11H2,(H2,12,15)(H,14,16). The van der Waals surface area contributed by atoms with E-state index in [4.69, 9.17) is 11.5 Å². The molecule has 0 radical (unpaired) electrons. The number of hydrogen-bond acceptors (Lipinski definition) is 4. The zero-order chi connectivity index (χ0) is 12.0. The molecule has 0 fully saturated rings. The second-order valence-corrected chi connectivity index (χ2v) is 3.35. The van der Waals surface area contributed by atoms with Crippen molar-refractivity contribution in [3.8, 4) is 0 Å². The van der Waals surface area contributed by atoms with Crippen LogP contribution in [0.1, 0.15) is 12.0 Å². The van der Waals surface area contributed by atoms with Gasteiger partial charge in [-0.15, -0.1) is 0 Å². The monoisotopic (exact) mass is 222 g/mol. The number of nitrogens with one attached hydrogen (secondary N) is 1. The maximum atomic E-state index is 11.4. The highest BCUT2D eigenvalue weighted by Gasteiger charge is 2.15. The summed E-state index contributed by atoms with van der Waals surface area (Å²) in [7, 11) is 0. The van der Waals surface area contributed by atoms with Crippen LogP contribution >= 0.6 is 0 Å². The number of nitrogens with zero attached hydrogens (tertiary/aromatic N) is 1. The van der Waals surface area contributed by atoms with E-state index < -0.39 is 17.9 Å². The molecule has 0 saturated heterocycles. The minimum atomic E-state index is -0.890. The Morgan fingerprint density at radius 3 is 2.56 bits per heavy atom. The first kappa shape index (κ1) is 12.1. The lowest BCUT2D eigenvalue weighted by Crippen LogP contribution is -2.42. The summed E-state index contributed by atoms with van der Waals surface area (Å²) in [5.41, 5.74) is 11.3. The van der Waals surface area contributed by atoms with Gasteiger partial charge in [0.15, 0.2) is 0 Å². The van der Waals surface area contributed by atoms with E-state index in [0.717, 1.165) is 5.56 Å². The van der Waals surface area contributed by atoms with Crippen molar-refractivity contribution in [1.29, 1.82) is 0 Å². The van der Waals surface area contributed by atoms with Crippen LogP contribution in [0.25, 0.3) is 0 Å². The highest BCUT2D eigenvalue weighted by Crippen LogP contribution is 1.95. The lowest BCUT2D eigenvalue weighted by molar-refractivity contribution is -0.126. The van der Waals surface area contributed by atoms with Gasteiger partial charge in [-0.3, -0.25) is 14.6 Å². The third kappa shape index (κ3) is 4.05. The number of primary amides is 1. The fourth-order valence-corrected chi connectivity index (χ4v) is 1.13. The van der Waals surface area contributed by atoms with E-state index in [1.807, 2.05) is 0 Å². The number of nitrogens with two attached hydrogens (primary N) is 2. The van der Waals surface area contributed by atoms with Gasteiger partial charge in [0.25, 0.3) is 0 Å². The van der Waals surface area contributed by atoms with Gasteiger partial charge in [-0.05, 0) is 17.7 Å². The van der Waals surface area contributed by atoms with E-state index >= 15 is 0 Å². The topological polar surface area (TPSA) is 111 Å². The molecule has 16 heavy (non-hydrogen) atoms. The molecule has 1 unspecified atom stereocenters. The fourth-order valence-electron chi connectivity index (χ4n) is 1.13. The Morgan fingerprint density at radius 2 is 2.00 bits per heavy atom. The first-order valence-electron chi connectivity index (χ1n) is 4.80. The summed E-state index contributed by atoms with van der Waals surface area (Å²) in [5.74, 6) is -0.984. The largest absolute Gasteiger partial charge is 0.370 e. The lowest BCUT2D eigenvalue weighted by atomic mass is 10.2. The highest BCUT2D eigenvalue weighted by molar-refractivity contribution is 5.87. The SMILES string of the molecule is NC(=O)CC(N)C(=O)NCc1ccncc1. The second kappa shape index (κ2) is 5.82. The zero-order valence-electron chi connectivity index (χ0n) is 8.72. The molecule has 0 spiro atoms. The first-order valence-corrected chi connectivity index (χ1v) is 4.80. The third-order valence-electron chi connectivity index (χ3n) is 1.97. The molecule has 5 N–H and O–H groups in total. The Balaban J connectivity index is 2.38. The molecular formula is C10H14N4O2. The molecule has 0 aromatic carbocycles. The van der Waals surface area contributed by atoms with Crippen LogP contribution in [0.15, 0.2) is 24.5 Å². The molecule has 0 bridgehead atoms. The maximum Gasteiger partial charge on any atom is 0.237 e. The number of pyridine rings is 1. The molecule has 6 nitrogen and oxygen atoms in total. The molecule has 1 aromatic heterocycles. The van der Waals surface area contributed by atoms with E-state index in [1.54, 1.807) is 24.5 Å². The molecule has 1 heterocycles. The molecular weight excluding hydrogens is 208 g/mol. The van der Waals surface area contributed by atoms with E-state index in [-0.39, 0.29) is 6.42 Å². The Hall–Kier alpha value is -1.95. The van der Waals surface area contributed by atoms with Crippen LogP contribution in [0.2, 0.25) is 0 Å². The smallest absolute Gasteiger partial charge is 0.237 e. The Bertz CT molecular complexity index is 366. The quantitative estimate of drug-likeness (QED) is 0.587. The van der Waals surface area contributed by atoms with Crippen LogP contribution in [-0.2, 0) is 16.1 Å². The molecule has 86 valence electrons. The maximum absolute atomic E-state index is 11.4. The van der Waals surface area contributed by atoms with Crippen LogP contribution in [0.5, 0.6) is 0 Å². The number of hydrogen-bond donors (Lipinski definition) is 3. The summed E-state index contributed by atoms with van der Waals surface area (Å²) in [6.45, 7) is 0.355. The van der Waals surface area contributed by atoms with E-state index in [0.29, 0.717) is 6.54 Å². The van der Waals surface area contributed by atoms with Crippen molar-refractivity contribution in [3.63, 3.8) is 0 Å². The number of aromatic nitrogens is 1. The molecule has 0 aliphatic heterocycles. The Morgan fingerprint density at radius 1 is 1.38 bits per heavy atom. The van der Waals surface area contributed by atoms with Crippen molar-refractivity contribution in [1.82, 2.24) is 10.3 Å². The molecule has 1 rings (SSSR count). The van der Waals surface area contributed by atoms with Crippen LogP contribution in [0.3, 0.4) is 0 Å². The molecule has 1 atom stereocenters. The summed E-state index contributed by atoms with van der Waals surface area (Å²) in [6, 6.07) is 2.67. The fraction of sp³-hybridized carbons (Fsp3) is 0.300. The van der Waals surface area contributed by atoms with Crippen LogP contribution < -0.4 is 16.8 Å². The van der Waals surface area contributed by atoms with Crippen molar-refractivity contribution in [2.45, 2.75) is 19.0 Å². The van der Waals surface area contributed by atoms with Crippen molar-refractivity contribution < 1.29 is 9.59 Å². The molecule has 1 aromatic rings. The Labute approximate surface area is 93.0 Å². The van der Waals surface area contributed by atoms with Gasteiger partial charge in [0.05, 0.1) is 12.5 Å². The van der Waals surface area contributed by atoms with Gasteiger partial charge in [-0.2, -0.15) is 0 Å². The first-order chi connectivity index (χ1) is 7.59. The van der Waals surface area contributed by atoms with Gasteiger partial charge in [-0.25, -0.2) is 0 Å². The second-order valence-electron chi connectivity index (χ2n) is 3.35. The van der Waals surface area contributed by atoms with Gasteiger partial charge in [-0.1, -0.05) is 0 Å². The highest BCUT2D eigenvalue weighted by atomic mass is 16.2. The van der Waals surface area contributed by atoms with Gasteiger partial charge in [0, 0.05) is 18.9 Å². The summed E-state index contributed by atoms with van der Waals surface area (Å²) in [6.07, 6.45) is 3.11. The van der Waals surface area contributed by atoms with Crippen molar-refractivity contribution in [2.24, 2.45) is 11.5 Å². The van der Waals surface area contributed by atoms with Crippen LogP contribution in [0, 0.1) is 0 Å². The van der Waals surface area contributed by atoms with Gasteiger partial charge in [0.2, 0.25) is 11.8 Å². The van der Waals surface area contributed by atoms with Gasteiger partial charge in [0.1, 0.15) is 0 Å². The predicted octanol–water partition coefficient (Wildman–Crippen LogP) is -1.10. The molecule has 0 aliphatic carbocycles. The van der Waals surface area contributed by atoms with E-state index in [2.05, 4.69) is 10.3 Å². The molecule has 2 amide bonds. The third-order valence-corrected chi connectivity index (χ3v) is 1.97. The summed E-state index contributed by atoms with van der Waals surface area (Å²) >= 11 is 0. The minimum absolute atomic E-state index is 0.151. The van der Waals surface area contributed by atoms with Crippen molar-refractivity contribution in [3.05, 3.63) is 30.1 Å². The van der Waals surface area contributed by atoms with Crippen molar-refractivity contribution >= 4 is 11.8 Å². The number of carbonyl (C=O) groups is 2. The summed E-state index contributed by atoms with van der Waals surface area (Å²) in [5, 5.41) is 2.60. The molecule has 6 heteroatoms. The lowest BCUT2D eigenvalue weighted by Gasteiger charge is -2.10. The van der Waals surface area contributed by atoms with Crippen molar-refractivity contribution in [2.75, 3.05) is 0 Å². The zero-order valence-corrected chi connectivity index (χ0v) is 8.72. The molecule has 0 saturated carbocycles. The Kier molecular flexibility index (Phi) is 4.41. The van der Waals surface area contributed by atoms with Gasteiger partial charge >= 0.3 is 0 Å². The minimum Gasteiger partial charge on any atom is -0.370 e.